The third-order valence-corrected chi connectivity index (χ3v) is 3.20. The van der Waals surface area contributed by atoms with Crippen molar-refractivity contribution in [3.05, 3.63) is 34.2 Å². The lowest BCUT2D eigenvalue weighted by atomic mass is 10.2. The quantitative estimate of drug-likeness (QED) is 0.866. The molecule has 4 nitrogen and oxygen atoms in total. The number of aromatic nitrogens is 2. The second kappa shape index (κ2) is 5.23. The molecule has 16 heavy (non-hydrogen) atoms. The average molecular weight is 237 g/mol. The number of hydrogen-bond donors (Lipinski definition) is 1. The van der Waals surface area contributed by atoms with Crippen molar-refractivity contribution >= 4 is 11.3 Å². The number of nitrogens with zero attached hydrogens (tertiary/aromatic N) is 2. The van der Waals surface area contributed by atoms with E-state index in [1.807, 2.05) is 6.92 Å². The van der Waals surface area contributed by atoms with E-state index in [-0.39, 0.29) is 6.04 Å². The molecule has 1 atom stereocenters. The molecule has 2 aromatic rings. The van der Waals surface area contributed by atoms with Crippen LogP contribution in [0.1, 0.15) is 36.0 Å². The zero-order chi connectivity index (χ0) is 11.4. The fraction of sp³-hybridized carbons (Fsp3) is 0.455. The molecule has 2 heterocycles. The van der Waals surface area contributed by atoms with Crippen molar-refractivity contribution in [2.45, 2.75) is 32.2 Å². The van der Waals surface area contributed by atoms with Crippen LogP contribution in [0.25, 0.3) is 0 Å². The molecule has 86 valence electrons. The van der Waals surface area contributed by atoms with Crippen LogP contribution in [0, 0.1) is 0 Å². The first kappa shape index (κ1) is 11.3. The second-order valence-electron chi connectivity index (χ2n) is 3.76. The Bertz CT molecular complexity index is 422. The van der Waals surface area contributed by atoms with Gasteiger partial charge in [-0.3, -0.25) is 0 Å². The molecule has 2 aromatic heterocycles. The highest BCUT2D eigenvalue weighted by Gasteiger charge is 2.09. The van der Waals surface area contributed by atoms with Crippen molar-refractivity contribution in [2.24, 2.45) is 5.73 Å². The summed E-state index contributed by atoms with van der Waals surface area (Å²) in [6.45, 7) is 1.84. The van der Waals surface area contributed by atoms with E-state index in [1.54, 1.807) is 11.3 Å². The maximum absolute atomic E-state index is 5.64. The standard InChI is InChI=1S/C11H15N3OS/c1-8(12)11-14-13-10(15-11)6-2-4-9-5-3-7-16-9/h3,5,7-8H,2,4,6,12H2,1H3. The lowest BCUT2D eigenvalue weighted by Crippen LogP contribution is -2.04. The summed E-state index contributed by atoms with van der Waals surface area (Å²) in [4.78, 5) is 1.40. The van der Waals surface area contributed by atoms with E-state index in [1.165, 1.54) is 4.88 Å². The Kier molecular flexibility index (Phi) is 3.69. The summed E-state index contributed by atoms with van der Waals surface area (Å²) >= 11 is 1.78. The van der Waals surface area contributed by atoms with Crippen LogP contribution in [0.3, 0.4) is 0 Å². The topological polar surface area (TPSA) is 64.9 Å². The second-order valence-corrected chi connectivity index (χ2v) is 4.79. The highest BCUT2D eigenvalue weighted by molar-refractivity contribution is 7.09. The Balaban J connectivity index is 1.81. The molecule has 0 aliphatic rings. The summed E-state index contributed by atoms with van der Waals surface area (Å²) in [7, 11) is 0. The van der Waals surface area contributed by atoms with E-state index in [0.717, 1.165) is 19.3 Å². The molecule has 0 saturated heterocycles. The number of nitrogens with two attached hydrogens (primary N) is 1. The summed E-state index contributed by atoms with van der Waals surface area (Å²) in [5.74, 6) is 1.20. The highest BCUT2D eigenvalue weighted by Crippen LogP contribution is 2.13. The predicted octanol–water partition coefficient (Wildman–Crippen LogP) is 2.33. The summed E-state index contributed by atoms with van der Waals surface area (Å²) in [5.41, 5.74) is 5.64. The van der Waals surface area contributed by atoms with Gasteiger partial charge in [-0.25, -0.2) is 0 Å². The lowest BCUT2D eigenvalue weighted by molar-refractivity contribution is 0.423. The Labute approximate surface area is 98.5 Å². The van der Waals surface area contributed by atoms with Crippen molar-refractivity contribution in [1.82, 2.24) is 10.2 Å². The molecule has 0 spiro atoms. The minimum absolute atomic E-state index is 0.182. The van der Waals surface area contributed by atoms with E-state index in [2.05, 4.69) is 27.7 Å². The van der Waals surface area contributed by atoms with Gasteiger partial charge in [0.1, 0.15) is 0 Å². The zero-order valence-electron chi connectivity index (χ0n) is 9.22. The third-order valence-electron chi connectivity index (χ3n) is 2.27. The van der Waals surface area contributed by atoms with Crippen LogP contribution in [0.15, 0.2) is 21.9 Å². The van der Waals surface area contributed by atoms with E-state index < -0.39 is 0 Å². The van der Waals surface area contributed by atoms with Crippen molar-refractivity contribution in [3.8, 4) is 0 Å². The van der Waals surface area contributed by atoms with Gasteiger partial charge in [0, 0.05) is 11.3 Å². The Morgan fingerprint density at radius 2 is 2.31 bits per heavy atom. The summed E-state index contributed by atoms with van der Waals surface area (Å²) in [5, 5.41) is 9.95. The van der Waals surface area contributed by atoms with Crippen molar-refractivity contribution in [2.75, 3.05) is 0 Å². The first-order valence-corrected chi connectivity index (χ1v) is 6.24. The fourth-order valence-electron chi connectivity index (χ4n) is 1.42. The van der Waals surface area contributed by atoms with Gasteiger partial charge in [0.25, 0.3) is 0 Å². The molecule has 0 aromatic carbocycles. The molecule has 2 N–H and O–H groups in total. The van der Waals surface area contributed by atoms with Crippen molar-refractivity contribution in [3.63, 3.8) is 0 Å². The molecule has 0 amide bonds. The first-order chi connectivity index (χ1) is 7.75. The van der Waals surface area contributed by atoms with E-state index in [4.69, 9.17) is 10.2 Å². The molecule has 1 unspecified atom stereocenters. The van der Waals surface area contributed by atoms with Crippen LogP contribution < -0.4 is 5.73 Å². The predicted molar refractivity (Wildman–Crippen MR) is 63.2 cm³/mol. The minimum atomic E-state index is -0.182. The Morgan fingerprint density at radius 1 is 1.44 bits per heavy atom. The normalized spacial score (nSPS) is 12.9. The third kappa shape index (κ3) is 2.90. The number of hydrogen-bond acceptors (Lipinski definition) is 5. The van der Waals surface area contributed by atoms with Gasteiger partial charge in [-0.15, -0.1) is 21.5 Å². The Morgan fingerprint density at radius 3 is 2.94 bits per heavy atom. The molecule has 0 radical (unpaired) electrons. The van der Waals surface area contributed by atoms with Gasteiger partial charge < -0.3 is 10.2 Å². The average Bonchev–Trinajstić information content (AvgIpc) is 2.87. The molecular formula is C11H15N3OS. The Hall–Kier alpha value is -1.20. The van der Waals surface area contributed by atoms with Crippen LogP contribution in [0.5, 0.6) is 0 Å². The smallest absolute Gasteiger partial charge is 0.232 e. The first-order valence-electron chi connectivity index (χ1n) is 5.36. The van der Waals surface area contributed by atoms with Gasteiger partial charge in [0.05, 0.1) is 6.04 Å². The molecule has 0 aliphatic carbocycles. The van der Waals surface area contributed by atoms with Gasteiger partial charge in [0.15, 0.2) is 0 Å². The highest BCUT2D eigenvalue weighted by atomic mass is 32.1. The van der Waals surface area contributed by atoms with Crippen molar-refractivity contribution < 1.29 is 4.42 Å². The molecular weight excluding hydrogens is 222 g/mol. The fourth-order valence-corrected chi connectivity index (χ4v) is 2.17. The SMILES string of the molecule is CC(N)c1nnc(CCCc2cccs2)o1. The molecule has 2 rings (SSSR count). The lowest BCUT2D eigenvalue weighted by Gasteiger charge is -1.96. The van der Waals surface area contributed by atoms with Crippen LogP contribution in [-0.4, -0.2) is 10.2 Å². The van der Waals surface area contributed by atoms with Gasteiger partial charge >= 0.3 is 0 Å². The van der Waals surface area contributed by atoms with E-state index >= 15 is 0 Å². The largest absolute Gasteiger partial charge is 0.424 e. The summed E-state index contributed by atoms with van der Waals surface area (Å²) in [6, 6.07) is 4.03. The summed E-state index contributed by atoms with van der Waals surface area (Å²) < 4.78 is 5.42. The maximum Gasteiger partial charge on any atom is 0.232 e. The molecule has 0 fully saturated rings. The number of thiophene rings is 1. The summed E-state index contributed by atoms with van der Waals surface area (Å²) in [6.07, 6.45) is 2.91. The van der Waals surface area contributed by atoms with Crippen LogP contribution in [0.2, 0.25) is 0 Å². The number of aryl methyl sites for hydroxylation is 2. The van der Waals surface area contributed by atoms with E-state index in [9.17, 15) is 0 Å². The van der Waals surface area contributed by atoms with Gasteiger partial charge in [-0.1, -0.05) is 6.07 Å². The molecule has 5 heteroatoms. The molecule has 0 saturated carbocycles. The molecule has 0 bridgehead atoms. The minimum Gasteiger partial charge on any atom is -0.424 e. The molecule has 0 aliphatic heterocycles. The number of rotatable bonds is 5. The van der Waals surface area contributed by atoms with E-state index in [0.29, 0.717) is 11.8 Å². The maximum atomic E-state index is 5.64. The van der Waals surface area contributed by atoms with Gasteiger partial charge in [0.2, 0.25) is 11.8 Å². The van der Waals surface area contributed by atoms with Gasteiger partial charge in [-0.2, -0.15) is 0 Å². The monoisotopic (exact) mass is 237 g/mol. The van der Waals surface area contributed by atoms with Crippen LogP contribution in [0.4, 0.5) is 0 Å². The van der Waals surface area contributed by atoms with Gasteiger partial charge in [-0.05, 0) is 31.2 Å². The van der Waals surface area contributed by atoms with Crippen LogP contribution in [-0.2, 0) is 12.8 Å². The van der Waals surface area contributed by atoms with Crippen molar-refractivity contribution in [1.29, 1.82) is 0 Å². The zero-order valence-corrected chi connectivity index (χ0v) is 10.0. The van der Waals surface area contributed by atoms with Crippen LogP contribution >= 0.6 is 11.3 Å².